The van der Waals surface area contributed by atoms with Gasteiger partial charge < -0.3 is 14.6 Å². The predicted octanol–water partition coefficient (Wildman–Crippen LogP) is 6.63. The Morgan fingerprint density at radius 1 is 1.02 bits per heavy atom. The predicted molar refractivity (Wildman–Crippen MR) is 197 cm³/mol. The number of aromatic hydroxyl groups is 1. The molecule has 11 nitrogen and oxygen atoms in total. The molecule has 3 fully saturated rings. The molecule has 270 valence electrons. The summed E-state index contributed by atoms with van der Waals surface area (Å²) in [7, 11) is 4.66. The van der Waals surface area contributed by atoms with E-state index in [4.69, 9.17) is 26.2 Å². The number of carbonyl (C=O) groups is 4. The van der Waals surface area contributed by atoms with Crippen LogP contribution >= 0.6 is 22.9 Å². The number of imide groups is 2. The minimum atomic E-state index is -1.35. The lowest BCUT2D eigenvalue weighted by atomic mass is 9.51. The number of allylic oxidation sites excluding steroid dienone is 2. The van der Waals surface area contributed by atoms with Crippen molar-refractivity contribution >= 4 is 62.5 Å². The van der Waals surface area contributed by atoms with E-state index in [-0.39, 0.29) is 35.5 Å². The second-order valence-corrected chi connectivity index (χ2v) is 16.0. The highest BCUT2D eigenvalue weighted by Gasteiger charge is 2.68. The van der Waals surface area contributed by atoms with Gasteiger partial charge in [0.15, 0.2) is 0 Å². The number of fused-ring (bicyclic) bond motifs is 5. The van der Waals surface area contributed by atoms with E-state index in [0.717, 1.165) is 26.1 Å². The smallest absolute Gasteiger partial charge is 0.242 e. The van der Waals surface area contributed by atoms with E-state index in [0.29, 0.717) is 41.5 Å². The molecule has 2 aromatic heterocycles. The first-order chi connectivity index (χ1) is 24.8. The van der Waals surface area contributed by atoms with Crippen LogP contribution in [0.25, 0.3) is 20.7 Å². The molecule has 0 radical (unpaired) electrons. The maximum Gasteiger partial charge on any atom is 0.242 e. The molecule has 2 aliphatic carbocycles. The Kier molecular flexibility index (Phi) is 8.07. The van der Waals surface area contributed by atoms with Crippen LogP contribution in [0.5, 0.6) is 17.2 Å². The Morgan fingerprint density at radius 3 is 2.40 bits per heavy atom. The molecule has 8 rings (SSSR count). The first-order valence-electron chi connectivity index (χ1n) is 17.5. The van der Waals surface area contributed by atoms with Crippen LogP contribution < -0.4 is 14.4 Å². The van der Waals surface area contributed by atoms with E-state index in [1.807, 2.05) is 38.1 Å². The van der Waals surface area contributed by atoms with Gasteiger partial charge >= 0.3 is 0 Å². The maximum absolute atomic E-state index is 15.2. The topological polar surface area (TPSA) is 131 Å². The summed E-state index contributed by atoms with van der Waals surface area (Å²) in [6.45, 7) is 6.07. The van der Waals surface area contributed by atoms with Gasteiger partial charge in [-0.15, -0.1) is 11.3 Å². The molecular formula is C39H39ClN4O7S. The summed E-state index contributed by atoms with van der Waals surface area (Å²) in [5.41, 5.74) is 1.57. The number of ether oxygens (including phenoxy) is 2. The van der Waals surface area contributed by atoms with Crippen molar-refractivity contribution in [1.82, 2.24) is 14.7 Å². The number of rotatable bonds is 7. The van der Waals surface area contributed by atoms with Crippen molar-refractivity contribution in [3.8, 4) is 27.8 Å². The van der Waals surface area contributed by atoms with Gasteiger partial charge in [0.25, 0.3) is 0 Å². The molecule has 4 aromatic rings. The van der Waals surface area contributed by atoms with Gasteiger partial charge in [0.05, 0.1) is 42.3 Å². The lowest BCUT2D eigenvalue weighted by molar-refractivity contribution is -0.140. The standard InChI is InChI=1S/C39H39ClN4O7S/c1-7-12-43-35(46)22-10-9-21-24(31(22)37(43)48)16-25-36(47)44(38(49)39(25,3)33(21)32-27(50-5)14-20(45)15-28(32)51-6)30-17-26(41-42(30)4)34-18(2)23-13-19(40)8-11-29(23)52-34/h8-9,11,13-15,17,22,24-25,31,33,45H,7,10,12,16H2,1-6H3/t22-,24+,25-,31-,33+,39+/m0/s1. The van der Waals surface area contributed by atoms with E-state index in [1.54, 1.807) is 36.1 Å². The van der Waals surface area contributed by atoms with Crippen LogP contribution in [0.3, 0.4) is 0 Å². The van der Waals surface area contributed by atoms with Crippen molar-refractivity contribution in [2.45, 2.75) is 46.0 Å². The number of aromatic nitrogens is 2. The number of phenols is 1. The molecule has 1 N–H and O–H groups in total. The minimum Gasteiger partial charge on any atom is -0.508 e. The second-order valence-electron chi connectivity index (χ2n) is 14.5. The van der Waals surface area contributed by atoms with E-state index in [9.17, 15) is 19.5 Å². The highest BCUT2D eigenvalue weighted by molar-refractivity contribution is 7.22. The third-order valence-corrected chi connectivity index (χ3v) is 13.4. The zero-order valence-corrected chi connectivity index (χ0v) is 31.3. The van der Waals surface area contributed by atoms with Crippen LogP contribution in [0.4, 0.5) is 5.82 Å². The average molecular weight is 743 g/mol. The van der Waals surface area contributed by atoms with Crippen molar-refractivity contribution < 1.29 is 33.8 Å². The largest absolute Gasteiger partial charge is 0.508 e. The summed E-state index contributed by atoms with van der Waals surface area (Å²) in [5.74, 6) is -3.75. The number of aryl methyl sites for hydroxylation is 2. The van der Waals surface area contributed by atoms with Crippen molar-refractivity contribution in [2.75, 3.05) is 25.7 Å². The van der Waals surface area contributed by atoms with Gasteiger partial charge in [-0.3, -0.25) is 28.8 Å². The summed E-state index contributed by atoms with van der Waals surface area (Å²) in [6.07, 6.45) is 3.17. The first-order valence-corrected chi connectivity index (χ1v) is 18.7. The Balaban J connectivity index is 1.29. The summed E-state index contributed by atoms with van der Waals surface area (Å²) < 4.78 is 14.3. The van der Waals surface area contributed by atoms with E-state index in [1.165, 1.54) is 36.2 Å². The minimum absolute atomic E-state index is 0.0901. The Labute approximate surface area is 309 Å². The number of carbonyl (C=O) groups excluding carboxylic acids is 4. The third kappa shape index (κ3) is 4.65. The second kappa shape index (κ2) is 12.2. The van der Waals surface area contributed by atoms with Gasteiger partial charge in [0.2, 0.25) is 23.6 Å². The van der Waals surface area contributed by atoms with Crippen molar-refractivity contribution in [3.63, 3.8) is 0 Å². The van der Waals surface area contributed by atoms with Gasteiger partial charge in [0.1, 0.15) is 28.8 Å². The number of benzene rings is 2. The van der Waals surface area contributed by atoms with Crippen molar-refractivity contribution in [3.05, 3.63) is 64.2 Å². The molecule has 0 bridgehead atoms. The van der Waals surface area contributed by atoms with E-state index in [2.05, 4.69) is 0 Å². The van der Waals surface area contributed by atoms with Crippen LogP contribution in [0.2, 0.25) is 5.02 Å². The molecule has 1 saturated carbocycles. The van der Waals surface area contributed by atoms with Crippen LogP contribution in [0.1, 0.15) is 50.2 Å². The zero-order chi connectivity index (χ0) is 37.0. The monoisotopic (exact) mass is 742 g/mol. The number of hydrogen-bond acceptors (Lipinski definition) is 9. The Morgan fingerprint density at radius 2 is 1.73 bits per heavy atom. The van der Waals surface area contributed by atoms with Crippen LogP contribution in [0.15, 0.2) is 48.0 Å². The number of thiophene rings is 1. The molecule has 52 heavy (non-hydrogen) atoms. The fourth-order valence-corrected chi connectivity index (χ4v) is 10.8. The molecule has 0 unspecified atom stereocenters. The van der Waals surface area contributed by atoms with Gasteiger partial charge in [-0.2, -0.15) is 5.10 Å². The molecule has 2 saturated heterocycles. The SMILES string of the molecule is CCCN1C(=O)[C@H]2[C@H](CC=C3[C@H]2C[C@H]2C(=O)N(c4cc(-c5sc6ccc(Cl)cc6c5C)nn4C)C(=O)[C@@]2(C)[C@H]3c2c(OC)cc(O)cc2OC)C1=O. The summed E-state index contributed by atoms with van der Waals surface area (Å²) in [4.78, 5) is 61.2. The number of methoxy groups -OCH3 is 2. The Bertz CT molecular complexity index is 2230. The van der Waals surface area contributed by atoms with E-state index >= 15 is 4.79 Å². The van der Waals surface area contributed by atoms with Crippen LogP contribution in [-0.4, -0.2) is 64.2 Å². The fourth-order valence-electron chi connectivity index (χ4n) is 9.48. The molecule has 2 aromatic carbocycles. The van der Waals surface area contributed by atoms with Crippen LogP contribution in [-0.2, 0) is 26.2 Å². The summed E-state index contributed by atoms with van der Waals surface area (Å²) in [5, 5.41) is 17.1. The van der Waals surface area contributed by atoms with Crippen LogP contribution in [0, 0.1) is 36.0 Å². The number of nitrogens with zero attached hydrogens (tertiary/aromatic N) is 4. The number of phenolic OH excluding ortho intramolecular Hbond substituents is 1. The zero-order valence-electron chi connectivity index (χ0n) is 29.7. The van der Waals surface area contributed by atoms with E-state index < -0.39 is 46.8 Å². The molecule has 2 aliphatic heterocycles. The molecule has 6 atom stereocenters. The molecule has 4 aliphatic rings. The highest BCUT2D eigenvalue weighted by Crippen LogP contribution is 2.65. The number of likely N-dealkylation sites (tertiary alicyclic amines) is 1. The molecule has 13 heteroatoms. The third-order valence-electron chi connectivity index (χ3n) is 11.8. The quantitative estimate of drug-likeness (QED) is 0.165. The molecule has 4 heterocycles. The number of anilines is 1. The average Bonchev–Trinajstić information content (AvgIpc) is 3.79. The van der Waals surface area contributed by atoms with Crippen molar-refractivity contribution in [1.29, 1.82) is 0 Å². The molecule has 4 amide bonds. The van der Waals surface area contributed by atoms with Gasteiger partial charge in [0, 0.05) is 53.0 Å². The molecule has 0 spiro atoms. The molecular weight excluding hydrogens is 704 g/mol. The number of amides is 4. The normalized spacial score (nSPS) is 26.9. The van der Waals surface area contributed by atoms with Gasteiger partial charge in [-0.05, 0) is 68.2 Å². The number of halogens is 1. The summed E-state index contributed by atoms with van der Waals surface area (Å²) in [6, 6.07) is 10.4. The van der Waals surface area contributed by atoms with Gasteiger partial charge in [-0.25, -0.2) is 4.90 Å². The first kappa shape index (κ1) is 34.4. The Hall–Kier alpha value is -4.68. The lowest BCUT2D eigenvalue weighted by Crippen LogP contribution is -2.49. The van der Waals surface area contributed by atoms with Gasteiger partial charge in [-0.1, -0.05) is 30.2 Å². The van der Waals surface area contributed by atoms with Crippen molar-refractivity contribution in [2.24, 2.45) is 36.1 Å². The fraction of sp³-hybridized carbons (Fsp3) is 0.410. The maximum atomic E-state index is 15.2. The lowest BCUT2D eigenvalue weighted by Gasteiger charge is -2.49. The number of hydrogen-bond donors (Lipinski definition) is 1. The highest BCUT2D eigenvalue weighted by atomic mass is 35.5. The summed E-state index contributed by atoms with van der Waals surface area (Å²) >= 11 is 7.88.